The molecule has 23 heavy (non-hydrogen) atoms. The predicted octanol–water partition coefficient (Wildman–Crippen LogP) is 3.47. The lowest BCUT2D eigenvalue weighted by molar-refractivity contribution is 0.0753. The number of benzene rings is 2. The minimum atomic E-state index is 0.0959. The van der Waals surface area contributed by atoms with Gasteiger partial charge in [-0.3, -0.25) is 4.79 Å². The second-order valence-corrected chi connectivity index (χ2v) is 6.39. The molecule has 2 N–H and O–H groups in total. The van der Waals surface area contributed by atoms with Crippen LogP contribution in [-0.2, 0) is 0 Å². The topological polar surface area (TPSA) is 46.3 Å². The van der Waals surface area contributed by atoms with E-state index in [4.69, 9.17) is 5.73 Å². The lowest BCUT2D eigenvalue weighted by atomic mass is 9.98. The highest BCUT2D eigenvalue weighted by Gasteiger charge is 2.27. The van der Waals surface area contributed by atoms with Crippen LogP contribution in [0, 0.1) is 12.8 Å². The minimum absolute atomic E-state index is 0.0959. The Morgan fingerprint density at radius 1 is 1.13 bits per heavy atom. The molecule has 0 bridgehead atoms. The molecule has 120 valence electrons. The molecule has 3 rings (SSSR count). The van der Waals surface area contributed by atoms with Crippen molar-refractivity contribution in [3.63, 3.8) is 0 Å². The maximum Gasteiger partial charge on any atom is 0.254 e. The molecule has 1 saturated carbocycles. The van der Waals surface area contributed by atoms with E-state index in [2.05, 4.69) is 31.2 Å². The fourth-order valence-electron chi connectivity index (χ4n) is 2.87. The smallest absolute Gasteiger partial charge is 0.254 e. The van der Waals surface area contributed by atoms with Gasteiger partial charge in [0, 0.05) is 25.2 Å². The Balaban J connectivity index is 1.91. The van der Waals surface area contributed by atoms with E-state index >= 15 is 0 Å². The van der Waals surface area contributed by atoms with Crippen molar-refractivity contribution in [3.8, 4) is 11.1 Å². The van der Waals surface area contributed by atoms with E-state index in [0.29, 0.717) is 19.0 Å². The summed E-state index contributed by atoms with van der Waals surface area (Å²) in [5.74, 6) is 0.760. The summed E-state index contributed by atoms with van der Waals surface area (Å²) in [4.78, 5) is 15.0. The second kappa shape index (κ2) is 6.97. The molecule has 0 heterocycles. The van der Waals surface area contributed by atoms with E-state index in [0.717, 1.165) is 23.2 Å². The molecule has 0 unspecified atom stereocenters. The van der Waals surface area contributed by atoms with Gasteiger partial charge >= 0.3 is 0 Å². The number of amides is 1. The first-order chi connectivity index (χ1) is 11.2. The van der Waals surface area contributed by atoms with Crippen molar-refractivity contribution in [2.45, 2.75) is 19.8 Å². The molecule has 1 fully saturated rings. The van der Waals surface area contributed by atoms with Crippen LogP contribution in [-0.4, -0.2) is 30.4 Å². The number of nitrogens with zero attached hydrogens (tertiary/aromatic N) is 1. The van der Waals surface area contributed by atoms with E-state index < -0.39 is 0 Å². The molecule has 3 nitrogen and oxygen atoms in total. The molecule has 0 aromatic heterocycles. The average molecular weight is 308 g/mol. The predicted molar refractivity (Wildman–Crippen MR) is 94.3 cm³/mol. The molecule has 0 radical (unpaired) electrons. The van der Waals surface area contributed by atoms with Crippen LogP contribution in [0.5, 0.6) is 0 Å². The SMILES string of the molecule is Cc1ccc(-c2ccccc2C(=O)N(CCN)CC2CC2)cc1. The van der Waals surface area contributed by atoms with Crippen LogP contribution in [0.25, 0.3) is 11.1 Å². The van der Waals surface area contributed by atoms with Crippen molar-refractivity contribution in [1.29, 1.82) is 0 Å². The molecule has 0 aliphatic heterocycles. The summed E-state index contributed by atoms with van der Waals surface area (Å²) in [5, 5.41) is 0. The van der Waals surface area contributed by atoms with Crippen molar-refractivity contribution < 1.29 is 4.79 Å². The van der Waals surface area contributed by atoms with Crippen molar-refractivity contribution in [1.82, 2.24) is 4.90 Å². The number of hydrogen-bond donors (Lipinski definition) is 1. The Labute approximate surface area is 138 Å². The van der Waals surface area contributed by atoms with Crippen LogP contribution in [0.2, 0.25) is 0 Å². The van der Waals surface area contributed by atoms with E-state index in [9.17, 15) is 4.79 Å². The number of nitrogens with two attached hydrogens (primary N) is 1. The van der Waals surface area contributed by atoms with Gasteiger partial charge in [0.2, 0.25) is 0 Å². The third-order valence-electron chi connectivity index (χ3n) is 4.38. The summed E-state index contributed by atoms with van der Waals surface area (Å²) >= 11 is 0. The third kappa shape index (κ3) is 3.80. The van der Waals surface area contributed by atoms with Crippen molar-refractivity contribution >= 4 is 5.91 Å². The van der Waals surface area contributed by atoms with Gasteiger partial charge in [-0.25, -0.2) is 0 Å². The monoisotopic (exact) mass is 308 g/mol. The first kappa shape index (κ1) is 15.8. The van der Waals surface area contributed by atoms with Gasteiger partial charge in [-0.15, -0.1) is 0 Å². The lowest BCUT2D eigenvalue weighted by Gasteiger charge is -2.23. The van der Waals surface area contributed by atoms with Gasteiger partial charge in [0.1, 0.15) is 0 Å². The molecule has 0 atom stereocenters. The zero-order valence-corrected chi connectivity index (χ0v) is 13.7. The highest BCUT2D eigenvalue weighted by Crippen LogP contribution is 2.31. The molecule has 2 aromatic rings. The summed E-state index contributed by atoms with van der Waals surface area (Å²) in [6.07, 6.45) is 2.46. The van der Waals surface area contributed by atoms with Crippen LogP contribution < -0.4 is 5.73 Å². The van der Waals surface area contributed by atoms with Crippen LogP contribution in [0.3, 0.4) is 0 Å². The van der Waals surface area contributed by atoms with Crippen LogP contribution >= 0.6 is 0 Å². The summed E-state index contributed by atoms with van der Waals surface area (Å²) in [7, 11) is 0. The number of rotatable bonds is 6. The zero-order chi connectivity index (χ0) is 16.2. The van der Waals surface area contributed by atoms with E-state index in [-0.39, 0.29) is 5.91 Å². The van der Waals surface area contributed by atoms with Gasteiger partial charge in [-0.2, -0.15) is 0 Å². The standard InChI is InChI=1S/C20H24N2O/c1-15-6-10-17(11-7-15)18-4-2-3-5-19(18)20(23)22(13-12-21)14-16-8-9-16/h2-7,10-11,16H,8-9,12-14,21H2,1H3. The van der Waals surface area contributed by atoms with Crippen LogP contribution in [0.15, 0.2) is 48.5 Å². The molecule has 1 aliphatic rings. The Hall–Kier alpha value is -2.13. The molecule has 0 spiro atoms. The van der Waals surface area contributed by atoms with Gasteiger partial charge in [0.05, 0.1) is 0 Å². The molecule has 0 saturated heterocycles. The zero-order valence-electron chi connectivity index (χ0n) is 13.7. The van der Waals surface area contributed by atoms with Gasteiger partial charge in [0.25, 0.3) is 5.91 Å². The molecule has 1 amide bonds. The number of hydrogen-bond acceptors (Lipinski definition) is 2. The number of carbonyl (C=O) groups excluding carboxylic acids is 1. The summed E-state index contributed by atoms with van der Waals surface area (Å²) in [6, 6.07) is 16.2. The van der Waals surface area contributed by atoms with Crippen molar-refractivity contribution in [3.05, 3.63) is 59.7 Å². The Bertz CT molecular complexity index is 674. The number of carbonyl (C=O) groups is 1. The molecular formula is C20H24N2O. The average Bonchev–Trinajstić information content (AvgIpc) is 3.39. The highest BCUT2D eigenvalue weighted by atomic mass is 16.2. The molecular weight excluding hydrogens is 284 g/mol. The van der Waals surface area contributed by atoms with Crippen LogP contribution in [0.1, 0.15) is 28.8 Å². The Morgan fingerprint density at radius 2 is 1.83 bits per heavy atom. The molecule has 2 aromatic carbocycles. The van der Waals surface area contributed by atoms with Crippen molar-refractivity contribution in [2.75, 3.05) is 19.6 Å². The Kier molecular flexibility index (Phi) is 4.77. The fourth-order valence-corrected chi connectivity index (χ4v) is 2.87. The maximum absolute atomic E-state index is 13.0. The van der Waals surface area contributed by atoms with E-state index in [1.165, 1.54) is 18.4 Å². The quantitative estimate of drug-likeness (QED) is 0.888. The van der Waals surface area contributed by atoms with E-state index in [1.54, 1.807) is 0 Å². The second-order valence-electron chi connectivity index (χ2n) is 6.39. The summed E-state index contributed by atoms with van der Waals surface area (Å²) < 4.78 is 0. The number of aryl methyl sites for hydroxylation is 1. The normalized spacial score (nSPS) is 13.8. The first-order valence-electron chi connectivity index (χ1n) is 8.34. The van der Waals surface area contributed by atoms with Gasteiger partial charge in [-0.05, 0) is 42.9 Å². The largest absolute Gasteiger partial charge is 0.337 e. The molecule has 3 heteroatoms. The Morgan fingerprint density at radius 3 is 2.48 bits per heavy atom. The molecule has 1 aliphatic carbocycles. The van der Waals surface area contributed by atoms with Gasteiger partial charge in [-0.1, -0.05) is 48.0 Å². The first-order valence-corrected chi connectivity index (χ1v) is 8.34. The van der Waals surface area contributed by atoms with Gasteiger partial charge in [0.15, 0.2) is 0 Å². The lowest BCUT2D eigenvalue weighted by Crippen LogP contribution is -2.37. The minimum Gasteiger partial charge on any atom is -0.337 e. The van der Waals surface area contributed by atoms with E-state index in [1.807, 2.05) is 29.2 Å². The van der Waals surface area contributed by atoms with Gasteiger partial charge < -0.3 is 10.6 Å². The highest BCUT2D eigenvalue weighted by molar-refractivity contribution is 6.00. The fraction of sp³-hybridized carbons (Fsp3) is 0.350. The third-order valence-corrected chi connectivity index (χ3v) is 4.38. The summed E-state index contributed by atoms with van der Waals surface area (Å²) in [6.45, 7) is 4.03. The maximum atomic E-state index is 13.0. The summed E-state index contributed by atoms with van der Waals surface area (Å²) in [5.41, 5.74) is 9.78. The van der Waals surface area contributed by atoms with Crippen molar-refractivity contribution in [2.24, 2.45) is 11.7 Å². The van der Waals surface area contributed by atoms with Crippen LogP contribution in [0.4, 0.5) is 0 Å².